The van der Waals surface area contributed by atoms with Crippen molar-refractivity contribution in [3.8, 4) is 17.1 Å². The minimum Gasteiger partial charge on any atom is -0.507 e. The molecule has 0 saturated carbocycles. The van der Waals surface area contributed by atoms with E-state index in [1.807, 2.05) is 32.9 Å². The maximum absolute atomic E-state index is 9.80. The zero-order chi connectivity index (χ0) is 14.9. The number of rotatable bonds is 4. The van der Waals surface area contributed by atoms with Crippen LogP contribution in [-0.2, 0) is 5.54 Å². The summed E-state index contributed by atoms with van der Waals surface area (Å²) in [6.07, 6.45) is 1.73. The molecule has 1 unspecified atom stereocenters. The average Bonchev–Trinajstić information content (AvgIpc) is 2.85. The third kappa shape index (κ3) is 2.67. The Labute approximate surface area is 118 Å². The lowest BCUT2D eigenvalue weighted by molar-refractivity contribution is 0.284. The lowest BCUT2D eigenvalue weighted by Gasteiger charge is -2.18. The van der Waals surface area contributed by atoms with Gasteiger partial charge in [0.2, 0.25) is 11.7 Å². The van der Waals surface area contributed by atoms with Gasteiger partial charge in [-0.1, -0.05) is 18.5 Å². The summed E-state index contributed by atoms with van der Waals surface area (Å²) in [4.78, 5) is 4.40. The van der Waals surface area contributed by atoms with E-state index < -0.39 is 5.54 Å². The number of benzene rings is 1. The highest BCUT2D eigenvalue weighted by Crippen LogP contribution is 2.29. The Kier molecular flexibility index (Phi) is 3.81. The SMILES string of the molecule is CCCC(C)(N)c1nc(-c2cc(C)c(O)c(C)c2)no1. The van der Waals surface area contributed by atoms with Gasteiger partial charge in [-0.3, -0.25) is 0 Å². The van der Waals surface area contributed by atoms with Crippen LogP contribution in [0.3, 0.4) is 0 Å². The number of nitrogens with two attached hydrogens (primary N) is 1. The van der Waals surface area contributed by atoms with E-state index in [1.54, 1.807) is 0 Å². The van der Waals surface area contributed by atoms with Crippen molar-refractivity contribution in [3.05, 3.63) is 29.2 Å². The van der Waals surface area contributed by atoms with E-state index in [0.29, 0.717) is 17.5 Å². The summed E-state index contributed by atoms with van der Waals surface area (Å²) < 4.78 is 5.30. The molecule has 5 nitrogen and oxygen atoms in total. The molecule has 1 aromatic heterocycles. The molecule has 1 atom stereocenters. The standard InChI is InChI=1S/C15H21N3O2/c1-5-6-15(4,16)14-17-13(18-20-14)11-7-9(2)12(19)10(3)8-11/h7-8,19H,5-6,16H2,1-4H3. The third-order valence-electron chi connectivity index (χ3n) is 3.43. The van der Waals surface area contributed by atoms with Gasteiger partial charge in [0.25, 0.3) is 0 Å². The Morgan fingerprint density at radius 1 is 1.30 bits per heavy atom. The average molecular weight is 275 g/mol. The Morgan fingerprint density at radius 2 is 1.90 bits per heavy atom. The quantitative estimate of drug-likeness (QED) is 0.895. The van der Waals surface area contributed by atoms with E-state index >= 15 is 0 Å². The first-order valence-corrected chi connectivity index (χ1v) is 6.79. The maximum atomic E-state index is 9.80. The number of hydrogen-bond acceptors (Lipinski definition) is 5. The van der Waals surface area contributed by atoms with Gasteiger partial charge in [0.15, 0.2) is 0 Å². The van der Waals surface area contributed by atoms with Crippen LogP contribution in [0.25, 0.3) is 11.4 Å². The van der Waals surface area contributed by atoms with E-state index in [2.05, 4.69) is 17.1 Å². The number of phenolic OH excluding ortho intramolecular Hbond substituents is 1. The fourth-order valence-corrected chi connectivity index (χ4v) is 2.28. The first kappa shape index (κ1) is 14.5. The highest BCUT2D eigenvalue weighted by Gasteiger charge is 2.27. The summed E-state index contributed by atoms with van der Waals surface area (Å²) in [5.41, 5.74) is 7.97. The predicted molar refractivity (Wildman–Crippen MR) is 77.3 cm³/mol. The molecular formula is C15H21N3O2. The number of aromatic nitrogens is 2. The normalized spacial score (nSPS) is 14.2. The van der Waals surface area contributed by atoms with Gasteiger partial charge in [0.05, 0.1) is 5.54 Å². The van der Waals surface area contributed by atoms with Gasteiger partial charge in [-0.05, 0) is 50.5 Å². The second kappa shape index (κ2) is 5.25. The van der Waals surface area contributed by atoms with E-state index in [1.165, 1.54) is 0 Å². The monoisotopic (exact) mass is 275 g/mol. The molecule has 0 aliphatic carbocycles. The Hall–Kier alpha value is -1.88. The molecule has 0 radical (unpaired) electrons. The first-order valence-electron chi connectivity index (χ1n) is 6.79. The van der Waals surface area contributed by atoms with Gasteiger partial charge in [-0.2, -0.15) is 4.98 Å². The first-order chi connectivity index (χ1) is 9.35. The summed E-state index contributed by atoms with van der Waals surface area (Å²) >= 11 is 0. The zero-order valence-corrected chi connectivity index (χ0v) is 12.4. The Morgan fingerprint density at radius 3 is 2.45 bits per heavy atom. The zero-order valence-electron chi connectivity index (χ0n) is 12.4. The van der Waals surface area contributed by atoms with Crippen LogP contribution in [0.15, 0.2) is 16.7 Å². The fraction of sp³-hybridized carbons (Fsp3) is 0.467. The molecule has 0 amide bonds. The van der Waals surface area contributed by atoms with Crippen molar-refractivity contribution in [2.24, 2.45) is 5.73 Å². The van der Waals surface area contributed by atoms with Crippen LogP contribution in [0.4, 0.5) is 0 Å². The van der Waals surface area contributed by atoms with Crippen molar-refractivity contribution in [2.75, 3.05) is 0 Å². The van der Waals surface area contributed by atoms with Crippen LogP contribution < -0.4 is 5.73 Å². The molecular weight excluding hydrogens is 254 g/mol. The van der Waals surface area contributed by atoms with E-state index in [4.69, 9.17) is 10.3 Å². The number of aromatic hydroxyl groups is 1. The van der Waals surface area contributed by atoms with Gasteiger partial charge in [-0.25, -0.2) is 0 Å². The summed E-state index contributed by atoms with van der Waals surface area (Å²) in [6, 6.07) is 3.68. The van der Waals surface area contributed by atoms with Crippen LogP contribution in [-0.4, -0.2) is 15.2 Å². The van der Waals surface area contributed by atoms with Gasteiger partial charge < -0.3 is 15.4 Å². The molecule has 0 bridgehead atoms. The molecule has 2 aromatic rings. The topological polar surface area (TPSA) is 85.2 Å². The third-order valence-corrected chi connectivity index (χ3v) is 3.43. The Bertz CT molecular complexity index is 594. The molecule has 3 N–H and O–H groups in total. The maximum Gasteiger partial charge on any atom is 0.246 e. The molecule has 1 heterocycles. The lowest BCUT2D eigenvalue weighted by atomic mass is 9.98. The minimum absolute atomic E-state index is 0.298. The van der Waals surface area contributed by atoms with Crippen LogP contribution in [0.5, 0.6) is 5.75 Å². The highest BCUT2D eigenvalue weighted by atomic mass is 16.5. The number of aryl methyl sites for hydroxylation is 2. The molecule has 20 heavy (non-hydrogen) atoms. The largest absolute Gasteiger partial charge is 0.507 e. The van der Waals surface area contributed by atoms with Gasteiger partial charge in [0.1, 0.15) is 5.75 Å². The van der Waals surface area contributed by atoms with Crippen molar-refractivity contribution in [1.29, 1.82) is 0 Å². The molecule has 0 spiro atoms. The van der Waals surface area contributed by atoms with Gasteiger partial charge in [-0.15, -0.1) is 0 Å². The molecule has 0 saturated heterocycles. The summed E-state index contributed by atoms with van der Waals surface area (Å²) in [7, 11) is 0. The van der Waals surface area contributed by atoms with Gasteiger partial charge in [0, 0.05) is 5.56 Å². The molecule has 0 fully saturated rings. The van der Waals surface area contributed by atoms with Crippen LogP contribution in [0.2, 0.25) is 0 Å². The van der Waals surface area contributed by atoms with Crippen molar-refractivity contribution in [1.82, 2.24) is 10.1 Å². The van der Waals surface area contributed by atoms with E-state index in [0.717, 1.165) is 29.5 Å². The van der Waals surface area contributed by atoms with E-state index in [-0.39, 0.29) is 0 Å². The summed E-state index contributed by atoms with van der Waals surface area (Å²) in [5.74, 6) is 1.24. The number of hydrogen-bond donors (Lipinski definition) is 2. The van der Waals surface area contributed by atoms with Gasteiger partial charge >= 0.3 is 0 Å². The van der Waals surface area contributed by atoms with Crippen molar-refractivity contribution >= 4 is 0 Å². The second-order valence-corrected chi connectivity index (χ2v) is 5.55. The minimum atomic E-state index is -0.610. The van der Waals surface area contributed by atoms with Crippen molar-refractivity contribution < 1.29 is 9.63 Å². The van der Waals surface area contributed by atoms with E-state index in [9.17, 15) is 5.11 Å². The molecule has 5 heteroatoms. The number of nitrogens with zero attached hydrogens (tertiary/aromatic N) is 2. The molecule has 1 aromatic carbocycles. The second-order valence-electron chi connectivity index (χ2n) is 5.55. The van der Waals surface area contributed by atoms with Crippen LogP contribution >= 0.6 is 0 Å². The smallest absolute Gasteiger partial charge is 0.246 e. The molecule has 108 valence electrons. The summed E-state index contributed by atoms with van der Waals surface area (Å²) in [6.45, 7) is 7.64. The van der Waals surface area contributed by atoms with Crippen molar-refractivity contribution in [3.63, 3.8) is 0 Å². The molecule has 0 aliphatic heterocycles. The Balaban J connectivity index is 2.39. The van der Waals surface area contributed by atoms with Crippen molar-refractivity contribution in [2.45, 2.75) is 46.1 Å². The highest BCUT2D eigenvalue weighted by molar-refractivity contribution is 5.60. The number of phenols is 1. The molecule has 0 aliphatic rings. The fourth-order valence-electron chi connectivity index (χ4n) is 2.28. The lowest BCUT2D eigenvalue weighted by Crippen LogP contribution is -2.33. The van der Waals surface area contributed by atoms with Crippen LogP contribution in [0.1, 0.15) is 43.7 Å². The summed E-state index contributed by atoms with van der Waals surface area (Å²) in [5, 5.41) is 13.8. The predicted octanol–water partition coefficient (Wildman–Crippen LogP) is 3.03. The molecule has 2 rings (SSSR count). The van der Waals surface area contributed by atoms with Crippen LogP contribution in [0, 0.1) is 13.8 Å².